The van der Waals surface area contributed by atoms with Crippen LogP contribution >= 0.6 is 11.3 Å². The van der Waals surface area contributed by atoms with Crippen LogP contribution in [-0.2, 0) is 0 Å². The van der Waals surface area contributed by atoms with Crippen molar-refractivity contribution in [2.45, 2.75) is 0 Å². The van der Waals surface area contributed by atoms with Crippen molar-refractivity contribution in [3.8, 4) is 0 Å². The standard InChI is InChI=1S/C39H25N3S/c40-37(26-22-21-24-11-1-2-12-25(24)23-26)29-15-5-8-18-32(29)41-42-33-19-9-6-16-30(33)35-27-13-3-4-14-28(27)36-31-17-7-10-20-34(31)43-39(36)38(35)42/h1-23,40-41H. The molecular formula is C39H25N3S. The van der Waals surface area contributed by atoms with Crippen molar-refractivity contribution in [2.24, 2.45) is 0 Å². The van der Waals surface area contributed by atoms with Crippen molar-refractivity contribution in [1.29, 1.82) is 5.41 Å². The molecule has 0 fully saturated rings. The summed E-state index contributed by atoms with van der Waals surface area (Å²) in [6.07, 6.45) is 0. The molecule has 9 aromatic rings. The number of aromatic nitrogens is 1. The number of nitrogens with one attached hydrogen (secondary N) is 2. The van der Waals surface area contributed by atoms with E-state index < -0.39 is 0 Å². The van der Waals surface area contributed by atoms with Gasteiger partial charge in [0.05, 0.1) is 27.1 Å². The Morgan fingerprint density at radius 2 is 1.23 bits per heavy atom. The summed E-state index contributed by atoms with van der Waals surface area (Å²) in [5.74, 6) is 0. The van der Waals surface area contributed by atoms with Crippen LogP contribution in [0.2, 0.25) is 0 Å². The van der Waals surface area contributed by atoms with Gasteiger partial charge in [-0.15, -0.1) is 11.3 Å². The molecule has 0 amide bonds. The van der Waals surface area contributed by atoms with Crippen LogP contribution in [-0.4, -0.2) is 10.4 Å². The highest BCUT2D eigenvalue weighted by Gasteiger charge is 2.21. The molecule has 0 radical (unpaired) electrons. The third-order valence-electron chi connectivity index (χ3n) is 8.62. The SMILES string of the molecule is N=C(c1ccc2ccccc2c1)c1ccccc1Nn1c2ccccc2c2c3ccccc3c3c4ccccc4sc3c21. The summed E-state index contributed by atoms with van der Waals surface area (Å²) in [4.78, 5) is 0. The summed E-state index contributed by atoms with van der Waals surface area (Å²) in [6, 6.07) is 48.9. The molecule has 0 saturated carbocycles. The minimum absolute atomic E-state index is 0.493. The third-order valence-corrected chi connectivity index (χ3v) is 9.80. The molecule has 4 heteroatoms. The van der Waals surface area contributed by atoms with Gasteiger partial charge in [0.15, 0.2) is 0 Å². The highest BCUT2D eigenvalue weighted by molar-refractivity contribution is 7.27. The number of rotatable bonds is 4. The molecule has 7 aromatic carbocycles. The number of hydrogen-bond donors (Lipinski definition) is 2. The zero-order valence-electron chi connectivity index (χ0n) is 23.1. The molecule has 0 atom stereocenters. The molecule has 0 saturated heterocycles. The van der Waals surface area contributed by atoms with E-state index in [9.17, 15) is 5.41 Å². The Morgan fingerprint density at radius 3 is 2.09 bits per heavy atom. The number of anilines is 1. The number of hydrogen-bond acceptors (Lipinski definition) is 3. The second-order valence-corrected chi connectivity index (χ2v) is 12.1. The third kappa shape index (κ3) is 3.57. The van der Waals surface area contributed by atoms with E-state index in [0.29, 0.717) is 5.71 Å². The fraction of sp³-hybridized carbons (Fsp3) is 0. The molecule has 0 aliphatic heterocycles. The lowest BCUT2D eigenvalue weighted by molar-refractivity contribution is 1.06. The summed E-state index contributed by atoms with van der Waals surface area (Å²) in [6.45, 7) is 0. The lowest BCUT2D eigenvalue weighted by atomic mass is 9.98. The van der Waals surface area contributed by atoms with Gasteiger partial charge in [0.2, 0.25) is 0 Å². The van der Waals surface area contributed by atoms with Crippen LogP contribution in [0.3, 0.4) is 0 Å². The van der Waals surface area contributed by atoms with Crippen LogP contribution in [0.1, 0.15) is 11.1 Å². The van der Waals surface area contributed by atoms with Crippen LogP contribution in [0, 0.1) is 5.41 Å². The number of fused-ring (bicyclic) bond motifs is 11. The number of para-hydroxylation sites is 2. The topological polar surface area (TPSA) is 40.8 Å². The highest BCUT2D eigenvalue weighted by atomic mass is 32.1. The zero-order valence-corrected chi connectivity index (χ0v) is 24.0. The number of thiophene rings is 1. The van der Waals surface area contributed by atoms with E-state index in [1.165, 1.54) is 52.6 Å². The quantitative estimate of drug-likeness (QED) is 0.204. The fourth-order valence-corrected chi connectivity index (χ4v) is 7.92. The predicted octanol–water partition coefficient (Wildman–Crippen LogP) is 10.8. The molecule has 0 unspecified atom stereocenters. The van der Waals surface area contributed by atoms with Crippen molar-refractivity contribution in [1.82, 2.24) is 4.68 Å². The summed E-state index contributed by atoms with van der Waals surface area (Å²) in [5.41, 5.74) is 9.23. The fourth-order valence-electron chi connectivity index (χ4n) is 6.66. The van der Waals surface area contributed by atoms with E-state index in [4.69, 9.17) is 0 Å². The van der Waals surface area contributed by atoms with Gasteiger partial charge < -0.3 is 0 Å². The van der Waals surface area contributed by atoms with Crippen LogP contribution < -0.4 is 5.43 Å². The molecule has 3 nitrogen and oxygen atoms in total. The highest BCUT2D eigenvalue weighted by Crippen LogP contribution is 2.46. The van der Waals surface area contributed by atoms with Gasteiger partial charge in [0, 0.05) is 37.4 Å². The molecule has 202 valence electrons. The van der Waals surface area contributed by atoms with Crippen molar-refractivity contribution in [2.75, 3.05) is 5.43 Å². The van der Waals surface area contributed by atoms with E-state index in [-0.39, 0.29) is 0 Å². The number of benzene rings is 7. The summed E-state index contributed by atoms with van der Waals surface area (Å²) in [7, 11) is 0. The first kappa shape index (κ1) is 24.2. The Labute approximate surface area is 251 Å². The van der Waals surface area contributed by atoms with Crippen LogP contribution in [0.15, 0.2) is 140 Å². The van der Waals surface area contributed by atoms with Crippen molar-refractivity contribution < 1.29 is 0 Å². The van der Waals surface area contributed by atoms with Gasteiger partial charge in [-0.25, -0.2) is 0 Å². The Hall–Kier alpha value is -5.45. The van der Waals surface area contributed by atoms with E-state index >= 15 is 0 Å². The average Bonchev–Trinajstić information content (AvgIpc) is 3.61. The van der Waals surface area contributed by atoms with Crippen LogP contribution in [0.5, 0.6) is 0 Å². The van der Waals surface area contributed by atoms with E-state index in [2.05, 4.69) is 125 Å². The molecule has 43 heavy (non-hydrogen) atoms. The molecule has 2 aromatic heterocycles. The van der Waals surface area contributed by atoms with Gasteiger partial charge in [0.25, 0.3) is 0 Å². The molecule has 0 aliphatic rings. The summed E-state index contributed by atoms with van der Waals surface area (Å²) < 4.78 is 4.80. The lowest BCUT2D eigenvalue weighted by Crippen LogP contribution is -2.13. The Kier molecular flexibility index (Phi) is 5.22. The van der Waals surface area contributed by atoms with Gasteiger partial charge >= 0.3 is 0 Å². The van der Waals surface area contributed by atoms with Crippen LogP contribution in [0.4, 0.5) is 5.69 Å². The monoisotopic (exact) mass is 567 g/mol. The zero-order chi connectivity index (χ0) is 28.5. The normalized spacial score (nSPS) is 11.8. The molecule has 0 aliphatic carbocycles. The van der Waals surface area contributed by atoms with Gasteiger partial charge in [-0.3, -0.25) is 15.5 Å². The largest absolute Gasteiger partial charge is 0.300 e. The van der Waals surface area contributed by atoms with E-state index in [1.807, 2.05) is 35.6 Å². The second-order valence-electron chi connectivity index (χ2n) is 11.0. The molecule has 0 bridgehead atoms. The molecule has 0 spiro atoms. The maximum absolute atomic E-state index is 9.31. The first-order chi connectivity index (χ1) is 21.3. The van der Waals surface area contributed by atoms with E-state index in [0.717, 1.165) is 27.7 Å². The van der Waals surface area contributed by atoms with Crippen molar-refractivity contribution >= 4 is 86.3 Å². The Bertz CT molecular complexity index is 2570. The first-order valence-electron chi connectivity index (χ1n) is 14.5. The Morgan fingerprint density at radius 1 is 0.581 bits per heavy atom. The van der Waals surface area contributed by atoms with Gasteiger partial charge in [-0.05, 0) is 45.8 Å². The Balaban J connectivity index is 1.32. The molecule has 2 N–H and O–H groups in total. The molecular weight excluding hydrogens is 543 g/mol. The predicted molar refractivity (Wildman–Crippen MR) is 185 cm³/mol. The van der Waals surface area contributed by atoms with Crippen molar-refractivity contribution in [3.63, 3.8) is 0 Å². The van der Waals surface area contributed by atoms with E-state index in [1.54, 1.807) is 0 Å². The number of nitrogens with zero attached hydrogens (tertiary/aromatic N) is 1. The minimum Gasteiger partial charge on any atom is -0.300 e. The average molecular weight is 568 g/mol. The van der Waals surface area contributed by atoms with Gasteiger partial charge in [0.1, 0.15) is 0 Å². The van der Waals surface area contributed by atoms with Gasteiger partial charge in [-0.1, -0.05) is 115 Å². The molecule has 9 rings (SSSR count). The van der Waals surface area contributed by atoms with Gasteiger partial charge in [-0.2, -0.15) is 0 Å². The maximum atomic E-state index is 9.31. The smallest absolute Gasteiger partial charge is 0.0894 e. The second kappa shape index (κ2) is 9.28. The minimum atomic E-state index is 0.493. The maximum Gasteiger partial charge on any atom is 0.0894 e. The first-order valence-corrected chi connectivity index (χ1v) is 15.3. The summed E-state index contributed by atoms with van der Waals surface area (Å²) >= 11 is 1.85. The van der Waals surface area contributed by atoms with Crippen LogP contribution in [0.25, 0.3) is 63.5 Å². The van der Waals surface area contributed by atoms with Crippen molar-refractivity contribution in [3.05, 3.63) is 151 Å². The summed E-state index contributed by atoms with van der Waals surface area (Å²) in [5, 5.41) is 19.2. The molecule has 2 heterocycles. The lowest BCUT2D eigenvalue weighted by Gasteiger charge is -2.17.